The van der Waals surface area contributed by atoms with E-state index in [1.165, 1.54) is 12.1 Å². The van der Waals surface area contributed by atoms with Crippen molar-refractivity contribution >= 4 is 21.8 Å². The van der Waals surface area contributed by atoms with Crippen molar-refractivity contribution in [2.45, 2.75) is 30.2 Å². The predicted molar refractivity (Wildman–Crippen MR) is 101 cm³/mol. The van der Waals surface area contributed by atoms with Gasteiger partial charge >= 0.3 is 0 Å². The van der Waals surface area contributed by atoms with Crippen LogP contribution >= 0.6 is 0 Å². The number of carbonyl (C=O) groups excluding carboxylic acids is 2. The van der Waals surface area contributed by atoms with Crippen molar-refractivity contribution in [1.29, 1.82) is 0 Å². The Balaban J connectivity index is 1.55. The molecular formula is C19H25N3O5S. The van der Waals surface area contributed by atoms with E-state index >= 15 is 0 Å². The SMILES string of the molecule is O=C1CN(S(=O)(=O)c2cccc(C(=O)N(CC3CCOC3)C3CC3)c2)CCN1. The Morgan fingerprint density at radius 3 is 2.79 bits per heavy atom. The number of hydrogen-bond acceptors (Lipinski definition) is 5. The number of ether oxygens (including phenoxy) is 1. The van der Waals surface area contributed by atoms with Gasteiger partial charge in [0.25, 0.3) is 5.91 Å². The average molecular weight is 407 g/mol. The molecule has 1 saturated carbocycles. The lowest BCUT2D eigenvalue weighted by Crippen LogP contribution is -2.49. The molecule has 1 N–H and O–H groups in total. The molecule has 0 aromatic heterocycles. The summed E-state index contributed by atoms with van der Waals surface area (Å²) >= 11 is 0. The van der Waals surface area contributed by atoms with Gasteiger partial charge in [0.1, 0.15) is 0 Å². The maximum Gasteiger partial charge on any atom is 0.254 e. The standard InChI is InChI=1S/C19H25N3O5S/c23-18-12-21(8-7-20-18)28(25,26)17-3-1-2-15(10-17)19(24)22(16-4-5-16)11-14-6-9-27-13-14/h1-3,10,14,16H,4-9,11-13H2,(H,20,23). The van der Waals surface area contributed by atoms with E-state index in [1.807, 2.05) is 4.90 Å². The van der Waals surface area contributed by atoms with Crippen LogP contribution in [-0.2, 0) is 19.6 Å². The van der Waals surface area contributed by atoms with Crippen molar-refractivity contribution < 1.29 is 22.7 Å². The monoisotopic (exact) mass is 407 g/mol. The normalized spacial score (nSPS) is 23.4. The highest BCUT2D eigenvalue weighted by Gasteiger charge is 2.36. The second kappa shape index (κ2) is 7.81. The summed E-state index contributed by atoms with van der Waals surface area (Å²) < 4.78 is 32.4. The summed E-state index contributed by atoms with van der Waals surface area (Å²) in [7, 11) is -3.82. The summed E-state index contributed by atoms with van der Waals surface area (Å²) in [5.41, 5.74) is 0.369. The van der Waals surface area contributed by atoms with Crippen molar-refractivity contribution in [1.82, 2.24) is 14.5 Å². The van der Waals surface area contributed by atoms with Crippen molar-refractivity contribution in [2.75, 3.05) is 39.4 Å². The van der Waals surface area contributed by atoms with Crippen molar-refractivity contribution in [3.8, 4) is 0 Å². The zero-order chi connectivity index (χ0) is 19.7. The number of benzene rings is 1. The van der Waals surface area contributed by atoms with Crippen LogP contribution in [0.1, 0.15) is 29.6 Å². The van der Waals surface area contributed by atoms with Crippen LogP contribution in [0.15, 0.2) is 29.2 Å². The molecule has 8 nitrogen and oxygen atoms in total. The first-order valence-electron chi connectivity index (χ1n) is 9.71. The highest BCUT2D eigenvalue weighted by Crippen LogP contribution is 2.31. The molecule has 28 heavy (non-hydrogen) atoms. The molecule has 1 unspecified atom stereocenters. The largest absolute Gasteiger partial charge is 0.381 e. The number of piperazine rings is 1. The van der Waals surface area contributed by atoms with E-state index in [4.69, 9.17) is 4.74 Å². The van der Waals surface area contributed by atoms with Gasteiger partial charge in [-0.05, 0) is 37.5 Å². The molecule has 2 saturated heterocycles. The Morgan fingerprint density at radius 2 is 2.11 bits per heavy atom. The number of rotatable bonds is 6. The van der Waals surface area contributed by atoms with Gasteiger partial charge in [0.2, 0.25) is 15.9 Å². The van der Waals surface area contributed by atoms with Gasteiger partial charge in [0, 0.05) is 43.8 Å². The number of hydrogen-bond donors (Lipinski definition) is 1. The molecule has 2 amide bonds. The van der Waals surface area contributed by atoms with Gasteiger partial charge < -0.3 is 15.0 Å². The Bertz CT molecular complexity index is 862. The van der Waals surface area contributed by atoms with Crippen molar-refractivity contribution in [2.24, 2.45) is 5.92 Å². The van der Waals surface area contributed by atoms with Crippen LogP contribution in [-0.4, -0.2) is 74.9 Å². The lowest BCUT2D eigenvalue weighted by Gasteiger charge is -2.27. The maximum absolute atomic E-state index is 13.1. The summed E-state index contributed by atoms with van der Waals surface area (Å²) in [5.74, 6) is -0.119. The third-order valence-corrected chi connectivity index (χ3v) is 7.29. The van der Waals surface area contributed by atoms with E-state index in [1.54, 1.807) is 12.1 Å². The molecule has 3 fully saturated rings. The molecule has 152 valence electrons. The molecular weight excluding hydrogens is 382 g/mol. The van der Waals surface area contributed by atoms with Gasteiger partial charge in [-0.1, -0.05) is 6.07 Å². The maximum atomic E-state index is 13.1. The van der Waals surface area contributed by atoms with Gasteiger partial charge in [0.15, 0.2) is 0 Å². The molecule has 1 atom stereocenters. The minimum atomic E-state index is -3.82. The number of carbonyl (C=O) groups is 2. The number of nitrogens with one attached hydrogen (secondary N) is 1. The van der Waals surface area contributed by atoms with Crippen molar-refractivity contribution in [3.05, 3.63) is 29.8 Å². The molecule has 9 heteroatoms. The first-order chi connectivity index (χ1) is 13.4. The smallest absolute Gasteiger partial charge is 0.254 e. The van der Waals surface area contributed by atoms with Crippen LogP contribution < -0.4 is 5.32 Å². The molecule has 0 radical (unpaired) electrons. The summed E-state index contributed by atoms with van der Waals surface area (Å²) in [6.45, 7) is 2.36. The Labute approximate surface area is 164 Å². The quantitative estimate of drug-likeness (QED) is 0.739. The summed E-state index contributed by atoms with van der Waals surface area (Å²) in [6, 6.07) is 6.40. The average Bonchev–Trinajstić information content (AvgIpc) is 3.41. The second-order valence-corrected chi connectivity index (χ2v) is 9.57. The molecule has 0 spiro atoms. The molecule has 4 rings (SSSR count). The molecule has 1 aromatic rings. The molecule has 1 aromatic carbocycles. The van der Waals surface area contributed by atoms with Gasteiger partial charge in [-0.3, -0.25) is 9.59 Å². The fourth-order valence-corrected chi connectivity index (χ4v) is 5.16. The van der Waals surface area contributed by atoms with E-state index in [0.717, 1.165) is 30.2 Å². The summed E-state index contributed by atoms with van der Waals surface area (Å²) in [4.78, 5) is 26.6. The molecule has 2 heterocycles. The number of sulfonamides is 1. The Hall–Kier alpha value is -1.97. The van der Waals surface area contributed by atoms with Gasteiger partial charge in [-0.2, -0.15) is 4.31 Å². The fraction of sp³-hybridized carbons (Fsp3) is 0.579. The first kappa shape index (κ1) is 19.4. The zero-order valence-electron chi connectivity index (χ0n) is 15.7. The van der Waals surface area contributed by atoms with E-state index in [0.29, 0.717) is 24.6 Å². The molecule has 0 bridgehead atoms. The third kappa shape index (κ3) is 4.06. The van der Waals surface area contributed by atoms with E-state index in [-0.39, 0.29) is 42.4 Å². The predicted octanol–water partition coefficient (Wildman–Crippen LogP) is 0.448. The van der Waals surface area contributed by atoms with Crippen LogP contribution in [0.3, 0.4) is 0 Å². The zero-order valence-corrected chi connectivity index (χ0v) is 16.5. The van der Waals surface area contributed by atoms with Gasteiger partial charge in [-0.25, -0.2) is 8.42 Å². The lowest BCUT2D eigenvalue weighted by molar-refractivity contribution is -0.122. The lowest BCUT2D eigenvalue weighted by atomic mass is 10.1. The minimum Gasteiger partial charge on any atom is -0.381 e. The highest BCUT2D eigenvalue weighted by atomic mass is 32.2. The van der Waals surface area contributed by atoms with Crippen LogP contribution in [0.4, 0.5) is 0 Å². The highest BCUT2D eigenvalue weighted by molar-refractivity contribution is 7.89. The fourth-order valence-electron chi connectivity index (χ4n) is 3.71. The van der Waals surface area contributed by atoms with Crippen LogP contribution in [0, 0.1) is 5.92 Å². The van der Waals surface area contributed by atoms with E-state index < -0.39 is 10.0 Å². The Kier molecular flexibility index (Phi) is 5.39. The molecule has 3 aliphatic rings. The van der Waals surface area contributed by atoms with Crippen LogP contribution in [0.25, 0.3) is 0 Å². The first-order valence-corrected chi connectivity index (χ1v) is 11.1. The van der Waals surface area contributed by atoms with Crippen LogP contribution in [0.2, 0.25) is 0 Å². The second-order valence-electron chi connectivity index (χ2n) is 7.63. The van der Waals surface area contributed by atoms with Crippen LogP contribution in [0.5, 0.6) is 0 Å². The molecule has 2 aliphatic heterocycles. The number of nitrogens with zero attached hydrogens (tertiary/aromatic N) is 2. The minimum absolute atomic E-state index is 0.0491. The van der Waals surface area contributed by atoms with E-state index in [9.17, 15) is 18.0 Å². The van der Waals surface area contributed by atoms with Crippen molar-refractivity contribution in [3.63, 3.8) is 0 Å². The molecule has 1 aliphatic carbocycles. The topological polar surface area (TPSA) is 96.0 Å². The third-order valence-electron chi connectivity index (χ3n) is 5.45. The van der Waals surface area contributed by atoms with E-state index in [2.05, 4.69) is 5.32 Å². The summed E-state index contributed by atoms with van der Waals surface area (Å²) in [6.07, 6.45) is 2.92. The number of amides is 2. The van der Waals surface area contributed by atoms with Gasteiger partial charge in [0.05, 0.1) is 18.0 Å². The summed E-state index contributed by atoms with van der Waals surface area (Å²) in [5, 5.41) is 2.62. The van der Waals surface area contributed by atoms with Gasteiger partial charge in [-0.15, -0.1) is 0 Å². The Morgan fingerprint density at radius 1 is 1.29 bits per heavy atom.